The zero-order valence-electron chi connectivity index (χ0n) is 10.6. The molecule has 3 nitrogen and oxygen atoms in total. The van der Waals surface area contributed by atoms with Crippen molar-refractivity contribution in [3.05, 3.63) is 59.2 Å². The van der Waals surface area contributed by atoms with Crippen molar-refractivity contribution in [2.45, 2.75) is 22.6 Å². The molecule has 0 radical (unpaired) electrons. The molecule has 0 unspecified atom stereocenters. The minimum absolute atomic E-state index is 0.0148. The molecule has 0 saturated heterocycles. The fourth-order valence-corrected chi connectivity index (χ4v) is 3.40. The van der Waals surface area contributed by atoms with Gasteiger partial charge in [-0.25, -0.2) is 0 Å². The van der Waals surface area contributed by atoms with Gasteiger partial charge in [-0.05, 0) is 23.3 Å². The first-order chi connectivity index (χ1) is 9.63. The molecule has 20 heavy (non-hydrogen) atoms. The van der Waals surface area contributed by atoms with Gasteiger partial charge in [0.15, 0.2) is 5.78 Å². The van der Waals surface area contributed by atoms with Crippen LogP contribution in [0.3, 0.4) is 0 Å². The smallest absolute Gasteiger partial charge is 0.307 e. The number of carboxylic acids is 1. The number of ketones is 1. The van der Waals surface area contributed by atoms with E-state index in [4.69, 9.17) is 5.11 Å². The lowest BCUT2D eigenvalue weighted by Crippen LogP contribution is -2.05. The van der Waals surface area contributed by atoms with Gasteiger partial charge in [0.1, 0.15) is 0 Å². The van der Waals surface area contributed by atoms with E-state index in [9.17, 15) is 9.59 Å². The van der Waals surface area contributed by atoms with Gasteiger partial charge in [-0.15, -0.1) is 0 Å². The van der Waals surface area contributed by atoms with Gasteiger partial charge in [-0.2, -0.15) is 0 Å². The highest BCUT2D eigenvalue weighted by Crippen LogP contribution is 2.37. The van der Waals surface area contributed by atoms with E-state index in [0.29, 0.717) is 6.42 Å². The molecule has 2 aromatic carbocycles. The minimum atomic E-state index is -0.860. The van der Waals surface area contributed by atoms with Crippen molar-refractivity contribution < 1.29 is 14.7 Å². The number of benzene rings is 2. The summed E-state index contributed by atoms with van der Waals surface area (Å²) in [6, 6.07) is 13.1. The standard InChI is InChI=1S/C16H12O3S/c17-13-9-11-7-10(8-16(18)19)5-6-14(11)20-15-4-2-1-3-12(13)15/h1-7H,8-9H2,(H,18,19). The Balaban J connectivity index is 2.02. The summed E-state index contributed by atoms with van der Waals surface area (Å²) in [4.78, 5) is 25.0. The molecule has 1 aliphatic rings. The van der Waals surface area contributed by atoms with Crippen LogP contribution in [0.5, 0.6) is 0 Å². The van der Waals surface area contributed by atoms with E-state index in [0.717, 1.165) is 26.5 Å². The Labute approximate surface area is 120 Å². The number of fused-ring (bicyclic) bond motifs is 2. The highest BCUT2D eigenvalue weighted by molar-refractivity contribution is 7.99. The first kappa shape index (κ1) is 12.9. The predicted octanol–water partition coefficient (Wildman–Crippen LogP) is 3.20. The number of hydrogen-bond donors (Lipinski definition) is 1. The van der Waals surface area contributed by atoms with Crippen LogP contribution in [0.1, 0.15) is 21.5 Å². The van der Waals surface area contributed by atoms with Gasteiger partial charge in [0.2, 0.25) is 0 Å². The first-order valence-corrected chi connectivity index (χ1v) is 7.09. The summed E-state index contributed by atoms with van der Waals surface area (Å²) in [6.07, 6.45) is 0.311. The average Bonchev–Trinajstić information content (AvgIpc) is 2.54. The van der Waals surface area contributed by atoms with Crippen LogP contribution in [-0.4, -0.2) is 16.9 Å². The van der Waals surface area contributed by atoms with Crippen LogP contribution in [-0.2, 0) is 17.6 Å². The molecule has 0 atom stereocenters. The maximum Gasteiger partial charge on any atom is 0.307 e. The van der Waals surface area contributed by atoms with Gasteiger partial charge in [0.05, 0.1) is 6.42 Å². The van der Waals surface area contributed by atoms with E-state index in [-0.39, 0.29) is 12.2 Å². The van der Waals surface area contributed by atoms with Crippen LogP contribution in [0.2, 0.25) is 0 Å². The third-order valence-corrected chi connectivity index (χ3v) is 4.43. The van der Waals surface area contributed by atoms with Crippen molar-refractivity contribution in [3.63, 3.8) is 0 Å². The van der Waals surface area contributed by atoms with Crippen LogP contribution < -0.4 is 0 Å². The fourth-order valence-electron chi connectivity index (χ4n) is 2.33. The molecular formula is C16H12O3S. The Morgan fingerprint density at radius 2 is 1.95 bits per heavy atom. The van der Waals surface area contributed by atoms with Gasteiger partial charge in [0.25, 0.3) is 0 Å². The molecule has 0 amide bonds. The fraction of sp³-hybridized carbons (Fsp3) is 0.125. The molecule has 0 spiro atoms. The number of carboxylic acid groups (broad SMARTS) is 1. The van der Waals surface area contributed by atoms with E-state index in [1.807, 2.05) is 42.5 Å². The average molecular weight is 284 g/mol. The van der Waals surface area contributed by atoms with Crippen LogP contribution in [0, 0.1) is 0 Å². The molecule has 0 aromatic heterocycles. The third kappa shape index (κ3) is 2.47. The minimum Gasteiger partial charge on any atom is -0.481 e. The highest BCUT2D eigenvalue weighted by atomic mass is 32.2. The molecule has 2 aromatic rings. The van der Waals surface area contributed by atoms with Gasteiger partial charge >= 0.3 is 5.97 Å². The van der Waals surface area contributed by atoms with Gasteiger partial charge in [-0.1, -0.05) is 42.1 Å². The molecule has 1 aliphatic heterocycles. The van der Waals surface area contributed by atoms with Gasteiger partial charge < -0.3 is 5.11 Å². The molecule has 4 heteroatoms. The second-order valence-electron chi connectivity index (χ2n) is 4.71. The Morgan fingerprint density at radius 3 is 2.75 bits per heavy atom. The van der Waals surface area contributed by atoms with Gasteiger partial charge in [0, 0.05) is 21.8 Å². The maximum absolute atomic E-state index is 12.3. The Morgan fingerprint density at radius 1 is 1.15 bits per heavy atom. The Kier molecular flexibility index (Phi) is 3.32. The summed E-state index contributed by atoms with van der Waals surface area (Å²) in [5.41, 5.74) is 2.39. The van der Waals surface area contributed by atoms with Crippen LogP contribution in [0.15, 0.2) is 52.3 Å². The highest BCUT2D eigenvalue weighted by Gasteiger charge is 2.20. The number of rotatable bonds is 2. The SMILES string of the molecule is O=C(O)Cc1ccc2c(c1)CC(=O)c1ccccc1S2. The summed E-state index contributed by atoms with van der Waals surface area (Å²) in [5.74, 6) is -0.778. The van der Waals surface area contributed by atoms with Crippen LogP contribution in [0.25, 0.3) is 0 Å². The normalized spacial score (nSPS) is 13.3. The van der Waals surface area contributed by atoms with E-state index < -0.39 is 5.97 Å². The Hall–Kier alpha value is -2.07. The van der Waals surface area contributed by atoms with Crippen molar-refractivity contribution in [1.29, 1.82) is 0 Å². The number of Topliss-reactive ketones (excluding diaryl/α,β-unsaturated/α-hetero) is 1. The monoisotopic (exact) mass is 284 g/mol. The predicted molar refractivity (Wildman–Crippen MR) is 76.4 cm³/mol. The summed E-state index contributed by atoms with van der Waals surface area (Å²) in [6.45, 7) is 0. The van der Waals surface area contributed by atoms with Crippen LogP contribution >= 0.6 is 11.8 Å². The molecule has 0 fully saturated rings. The van der Waals surface area contributed by atoms with Crippen molar-refractivity contribution in [1.82, 2.24) is 0 Å². The summed E-state index contributed by atoms with van der Waals surface area (Å²) < 4.78 is 0. The molecule has 1 N–H and O–H groups in total. The molecule has 0 aliphatic carbocycles. The maximum atomic E-state index is 12.3. The van der Waals surface area contributed by atoms with Crippen molar-refractivity contribution in [2.75, 3.05) is 0 Å². The van der Waals surface area contributed by atoms with Crippen molar-refractivity contribution in [3.8, 4) is 0 Å². The second-order valence-corrected chi connectivity index (χ2v) is 5.79. The van der Waals surface area contributed by atoms with E-state index in [1.54, 1.807) is 11.8 Å². The first-order valence-electron chi connectivity index (χ1n) is 6.27. The zero-order valence-corrected chi connectivity index (χ0v) is 11.4. The summed E-state index contributed by atoms with van der Waals surface area (Å²) in [7, 11) is 0. The van der Waals surface area contributed by atoms with E-state index in [1.165, 1.54) is 0 Å². The summed E-state index contributed by atoms with van der Waals surface area (Å²) >= 11 is 1.57. The summed E-state index contributed by atoms with van der Waals surface area (Å²) in [5, 5.41) is 8.85. The number of hydrogen-bond acceptors (Lipinski definition) is 3. The number of carbonyl (C=O) groups is 2. The van der Waals surface area contributed by atoms with Crippen molar-refractivity contribution in [2.24, 2.45) is 0 Å². The molecule has 3 rings (SSSR count). The third-order valence-electron chi connectivity index (χ3n) is 3.24. The number of carbonyl (C=O) groups excluding carboxylic acids is 1. The lowest BCUT2D eigenvalue weighted by atomic mass is 10.0. The molecular weight excluding hydrogens is 272 g/mol. The quantitative estimate of drug-likeness (QED) is 0.920. The second kappa shape index (κ2) is 5.13. The number of aliphatic carboxylic acids is 1. The molecule has 100 valence electrons. The van der Waals surface area contributed by atoms with Crippen LogP contribution in [0.4, 0.5) is 0 Å². The van der Waals surface area contributed by atoms with Gasteiger partial charge in [-0.3, -0.25) is 9.59 Å². The Bertz CT molecular complexity index is 707. The zero-order chi connectivity index (χ0) is 14.1. The van der Waals surface area contributed by atoms with E-state index >= 15 is 0 Å². The molecule has 0 saturated carbocycles. The largest absolute Gasteiger partial charge is 0.481 e. The topological polar surface area (TPSA) is 54.4 Å². The van der Waals surface area contributed by atoms with Crippen molar-refractivity contribution >= 4 is 23.5 Å². The lowest BCUT2D eigenvalue weighted by Gasteiger charge is -2.06. The van der Waals surface area contributed by atoms with E-state index in [2.05, 4.69) is 0 Å². The molecule has 1 heterocycles. The lowest BCUT2D eigenvalue weighted by molar-refractivity contribution is -0.136. The molecule has 0 bridgehead atoms.